The minimum atomic E-state index is -1.14. The van der Waals surface area contributed by atoms with E-state index in [9.17, 15) is 24.3 Å². The molecule has 222 valence electrons. The van der Waals surface area contributed by atoms with Crippen LogP contribution in [0.2, 0.25) is 10.0 Å². The number of fused-ring (bicyclic) bond motifs is 1. The molecule has 1 atom stereocenters. The highest BCUT2D eigenvalue weighted by molar-refractivity contribution is 7.18. The largest absolute Gasteiger partial charge is 0.497 e. The van der Waals surface area contributed by atoms with E-state index in [4.69, 9.17) is 27.9 Å². The van der Waals surface area contributed by atoms with E-state index in [2.05, 4.69) is 10.6 Å². The topological polar surface area (TPSA) is 125 Å². The molecule has 3 amide bonds. The molecular formula is C30H31Cl2N3O6S. The number of likely N-dealkylation sites (tertiary alicyclic amines) is 1. The van der Waals surface area contributed by atoms with Gasteiger partial charge in [0, 0.05) is 31.8 Å². The van der Waals surface area contributed by atoms with Gasteiger partial charge in [-0.05, 0) is 65.1 Å². The van der Waals surface area contributed by atoms with Crippen molar-refractivity contribution in [3.63, 3.8) is 0 Å². The molecule has 1 aliphatic heterocycles. The quantitative estimate of drug-likeness (QED) is 0.261. The molecule has 1 fully saturated rings. The van der Waals surface area contributed by atoms with Gasteiger partial charge in [-0.25, -0.2) is 0 Å². The lowest BCUT2D eigenvalue weighted by Crippen LogP contribution is -2.49. The number of methoxy groups -OCH3 is 1. The molecule has 3 N–H and O–H groups in total. The standard InChI is InChI=1S/C30H31Cl2N3O6S/c1-41-23-4-2-3-18(13-23)14-24(36)33-17-21(16-26(38)39)30(40)34-22-7-10-35(11-8-22)25(37)6-5-19-15-20-9-12-42-29(20)28(32)27(19)31/h2-6,9,12-13,15,21-22H,7-8,10-11,14,16-17H2,1H3,(H,33,36)(H,34,40)(H,38,39)/b6-5+. The molecule has 1 aromatic heterocycles. The molecule has 2 aromatic carbocycles. The number of carbonyl (C=O) groups excluding carboxylic acids is 3. The van der Waals surface area contributed by atoms with Crippen molar-refractivity contribution in [2.75, 3.05) is 26.7 Å². The molecule has 9 nitrogen and oxygen atoms in total. The SMILES string of the molecule is COc1cccc(CC(=O)NCC(CC(=O)O)C(=O)NC2CCN(C(=O)/C=C/c3cc4ccsc4c(Cl)c3Cl)CC2)c1. The fraction of sp³-hybridized carbons (Fsp3) is 0.333. The van der Waals surface area contributed by atoms with Gasteiger partial charge < -0.3 is 25.4 Å². The number of nitrogens with one attached hydrogen (secondary N) is 2. The monoisotopic (exact) mass is 631 g/mol. The summed E-state index contributed by atoms with van der Waals surface area (Å²) >= 11 is 14.3. The number of piperidine rings is 1. The number of thiophene rings is 1. The number of amides is 3. The van der Waals surface area contributed by atoms with Crippen LogP contribution in [0, 0.1) is 5.92 Å². The number of ether oxygens (including phenoxy) is 1. The molecule has 42 heavy (non-hydrogen) atoms. The van der Waals surface area contributed by atoms with Crippen LogP contribution in [0.25, 0.3) is 16.2 Å². The summed E-state index contributed by atoms with van der Waals surface area (Å²) in [5.74, 6) is -2.40. The third-order valence-electron chi connectivity index (χ3n) is 7.05. The highest BCUT2D eigenvalue weighted by Gasteiger charge is 2.28. The Morgan fingerprint density at radius 2 is 1.90 bits per heavy atom. The van der Waals surface area contributed by atoms with Gasteiger partial charge in [-0.2, -0.15) is 0 Å². The van der Waals surface area contributed by atoms with Gasteiger partial charge in [0.1, 0.15) is 5.75 Å². The molecule has 0 bridgehead atoms. The number of halogens is 2. The second kappa shape index (κ2) is 14.5. The average Bonchev–Trinajstić information content (AvgIpc) is 3.45. The van der Waals surface area contributed by atoms with E-state index < -0.39 is 24.2 Å². The van der Waals surface area contributed by atoms with E-state index >= 15 is 0 Å². The number of carboxylic acid groups (broad SMARTS) is 1. The Morgan fingerprint density at radius 3 is 2.62 bits per heavy atom. The minimum absolute atomic E-state index is 0.0708. The summed E-state index contributed by atoms with van der Waals surface area (Å²) in [6, 6.07) is 10.7. The Morgan fingerprint density at radius 1 is 1.14 bits per heavy atom. The van der Waals surface area contributed by atoms with Gasteiger partial charge in [0.25, 0.3) is 0 Å². The Balaban J connectivity index is 1.27. The Labute approximate surface area is 257 Å². The Kier molecular flexibility index (Phi) is 10.8. The molecule has 1 aliphatic rings. The van der Waals surface area contributed by atoms with Gasteiger partial charge in [-0.1, -0.05) is 35.3 Å². The first-order valence-electron chi connectivity index (χ1n) is 13.4. The van der Waals surface area contributed by atoms with Crippen molar-refractivity contribution in [2.24, 2.45) is 5.92 Å². The molecular weight excluding hydrogens is 601 g/mol. The second-order valence-electron chi connectivity index (χ2n) is 10.0. The smallest absolute Gasteiger partial charge is 0.304 e. The first-order valence-corrected chi connectivity index (χ1v) is 15.0. The van der Waals surface area contributed by atoms with Crippen LogP contribution in [0.15, 0.2) is 47.9 Å². The van der Waals surface area contributed by atoms with Crippen molar-refractivity contribution in [3.8, 4) is 5.75 Å². The number of nitrogens with zero attached hydrogens (tertiary/aromatic N) is 1. The molecule has 2 heterocycles. The maximum Gasteiger partial charge on any atom is 0.304 e. The summed E-state index contributed by atoms with van der Waals surface area (Å²) in [5, 5.41) is 18.6. The summed E-state index contributed by atoms with van der Waals surface area (Å²) in [4.78, 5) is 51.3. The van der Waals surface area contributed by atoms with Gasteiger partial charge >= 0.3 is 5.97 Å². The summed E-state index contributed by atoms with van der Waals surface area (Å²) in [7, 11) is 1.54. The lowest BCUT2D eigenvalue weighted by atomic mass is 10.0. The molecule has 0 saturated carbocycles. The number of rotatable bonds is 11. The molecule has 0 spiro atoms. The van der Waals surface area contributed by atoms with Crippen LogP contribution < -0.4 is 15.4 Å². The fourth-order valence-corrected chi connectivity index (χ4v) is 6.19. The van der Waals surface area contributed by atoms with Gasteiger partial charge in [0.2, 0.25) is 17.7 Å². The van der Waals surface area contributed by atoms with Crippen molar-refractivity contribution in [1.29, 1.82) is 0 Å². The number of carboxylic acids is 1. The highest BCUT2D eigenvalue weighted by Crippen LogP contribution is 2.37. The number of hydrogen-bond acceptors (Lipinski definition) is 6. The first kappa shape index (κ1) is 31.3. The van der Waals surface area contributed by atoms with E-state index in [0.717, 1.165) is 15.6 Å². The predicted molar refractivity (Wildman–Crippen MR) is 164 cm³/mol. The number of hydrogen-bond donors (Lipinski definition) is 3. The number of benzene rings is 2. The van der Waals surface area contributed by atoms with Crippen molar-refractivity contribution in [2.45, 2.75) is 31.7 Å². The van der Waals surface area contributed by atoms with Crippen LogP contribution >= 0.6 is 34.5 Å². The summed E-state index contributed by atoms with van der Waals surface area (Å²) in [6.07, 6.45) is 3.80. The van der Waals surface area contributed by atoms with Crippen LogP contribution in [0.3, 0.4) is 0 Å². The van der Waals surface area contributed by atoms with Gasteiger partial charge in [-0.15, -0.1) is 11.3 Å². The summed E-state index contributed by atoms with van der Waals surface area (Å²) in [6.45, 7) is 0.743. The zero-order valence-electron chi connectivity index (χ0n) is 22.9. The van der Waals surface area contributed by atoms with E-state index in [1.54, 1.807) is 35.2 Å². The van der Waals surface area contributed by atoms with Crippen molar-refractivity contribution in [1.82, 2.24) is 15.5 Å². The molecule has 3 aromatic rings. The molecule has 12 heteroatoms. The third kappa shape index (κ3) is 8.24. The van der Waals surface area contributed by atoms with Gasteiger partial charge in [0.05, 0.1) is 40.6 Å². The van der Waals surface area contributed by atoms with Crippen LogP contribution in [-0.4, -0.2) is 66.5 Å². The third-order valence-corrected chi connectivity index (χ3v) is 8.99. The average molecular weight is 633 g/mol. The Hall–Kier alpha value is -3.60. The van der Waals surface area contributed by atoms with E-state index in [-0.39, 0.29) is 30.8 Å². The maximum absolute atomic E-state index is 13.0. The predicted octanol–water partition coefficient (Wildman–Crippen LogP) is 4.79. The van der Waals surface area contributed by atoms with E-state index in [1.165, 1.54) is 24.5 Å². The molecule has 1 saturated heterocycles. The van der Waals surface area contributed by atoms with Gasteiger partial charge in [-0.3, -0.25) is 19.2 Å². The molecule has 4 rings (SSSR count). The lowest BCUT2D eigenvalue weighted by molar-refractivity contribution is -0.141. The lowest BCUT2D eigenvalue weighted by Gasteiger charge is -2.32. The number of aliphatic carboxylic acids is 1. The van der Waals surface area contributed by atoms with Crippen molar-refractivity contribution < 1.29 is 29.0 Å². The first-order chi connectivity index (χ1) is 20.1. The van der Waals surface area contributed by atoms with E-state index in [0.29, 0.717) is 47.3 Å². The zero-order chi connectivity index (χ0) is 30.2. The maximum atomic E-state index is 13.0. The summed E-state index contributed by atoms with van der Waals surface area (Å²) < 4.78 is 6.07. The van der Waals surface area contributed by atoms with Crippen LogP contribution in [-0.2, 0) is 25.6 Å². The van der Waals surface area contributed by atoms with Crippen LogP contribution in [0.1, 0.15) is 30.4 Å². The number of carbonyl (C=O) groups is 4. The van der Waals surface area contributed by atoms with Crippen molar-refractivity contribution in [3.05, 3.63) is 69.0 Å². The summed E-state index contributed by atoms with van der Waals surface area (Å²) in [5.41, 5.74) is 1.39. The normalized spacial score (nSPS) is 14.6. The van der Waals surface area contributed by atoms with Crippen LogP contribution in [0.5, 0.6) is 5.75 Å². The van der Waals surface area contributed by atoms with E-state index in [1.807, 2.05) is 17.5 Å². The Bertz CT molecular complexity index is 1500. The molecule has 0 aliphatic carbocycles. The fourth-order valence-electron chi connectivity index (χ4n) is 4.76. The highest BCUT2D eigenvalue weighted by atomic mass is 35.5. The molecule has 1 unspecified atom stereocenters. The minimum Gasteiger partial charge on any atom is -0.497 e. The second-order valence-corrected chi connectivity index (χ2v) is 11.7. The van der Waals surface area contributed by atoms with Crippen molar-refractivity contribution >= 4 is 74.4 Å². The zero-order valence-corrected chi connectivity index (χ0v) is 25.2. The molecule has 0 radical (unpaired) electrons. The van der Waals surface area contributed by atoms with Crippen LogP contribution in [0.4, 0.5) is 0 Å². The van der Waals surface area contributed by atoms with Gasteiger partial charge in [0.15, 0.2) is 0 Å².